The van der Waals surface area contributed by atoms with Crippen molar-refractivity contribution < 1.29 is 38.1 Å². The SMILES string of the molecule is Cl.NCCOCCOCCOCCOc1cccc2c1C(=O)N(C1CCC(=O)NC1=O)C2=O. The van der Waals surface area contributed by atoms with Crippen molar-refractivity contribution in [2.24, 2.45) is 5.73 Å². The van der Waals surface area contributed by atoms with Gasteiger partial charge >= 0.3 is 0 Å². The molecule has 2 aliphatic heterocycles. The molecule has 1 unspecified atom stereocenters. The molecule has 1 aromatic rings. The van der Waals surface area contributed by atoms with Gasteiger partial charge in [0.1, 0.15) is 18.4 Å². The first kappa shape index (κ1) is 26.7. The number of imide groups is 2. The van der Waals surface area contributed by atoms with E-state index in [1.165, 1.54) is 6.07 Å². The van der Waals surface area contributed by atoms with Gasteiger partial charge in [0.15, 0.2) is 0 Å². The van der Waals surface area contributed by atoms with Gasteiger partial charge in [-0.05, 0) is 18.6 Å². The van der Waals surface area contributed by atoms with E-state index in [0.717, 1.165) is 4.90 Å². The number of benzene rings is 1. The molecule has 33 heavy (non-hydrogen) atoms. The Balaban J connectivity index is 0.00000385. The third kappa shape index (κ3) is 6.71. The largest absolute Gasteiger partial charge is 0.490 e. The summed E-state index contributed by atoms with van der Waals surface area (Å²) < 4.78 is 21.6. The van der Waals surface area contributed by atoms with Gasteiger partial charge in [0, 0.05) is 13.0 Å². The number of hydrogen-bond donors (Lipinski definition) is 2. The minimum Gasteiger partial charge on any atom is -0.490 e. The molecule has 2 heterocycles. The van der Waals surface area contributed by atoms with Crippen LogP contribution in [-0.4, -0.2) is 87.4 Å². The van der Waals surface area contributed by atoms with E-state index in [2.05, 4.69) is 5.32 Å². The van der Waals surface area contributed by atoms with E-state index < -0.39 is 29.7 Å². The van der Waals surface area contributed by atoms with Gasteiger partial charge in [0.05, 0.1) is 50.8 Å². The summed E-state index contributed by atoms with van der Waals surface area (Å²) in [5.41, 5.74) is 5.60. The van der Waals surface area contributed by atoms with Gasteiger partial charge in [-0.1, -0.05) is 6.07 Å². The summed E-state index contributed by atoms with van der Waals surface area (Å²) in [6, 6.07) is 3.69. The first-order valence-electron chi connectivity index (χ1n) is 10.4. The number of nitrogens with two attached hydrogens (primary N) is 1. The zero-order valence-corrected chi connectivity index (χ0v) is 18.9. The lowest BCUT2D eigenvalue weighted by Gasteiger charge is -2.27. The Hall–Kier alpha value is -2.57. The zero-order chi connectivity index (χ0) is 22.9. The van der Waals surface area contributed by atoms with Crippen LogP contribution in [0.4, 0.5) is 0 Å². The van der Waals surface area contributed by atoms with Crippen molar-refractivity contribution in [1.82, 2.24) is 10.2 Å². The zero-order valence-electron chi connectivity index (χ0n) is 18.1. The second-order valence-corrected chi connectivity index (χ2v) is 7.10. The molecule has 1 saturated heterocycles. The van der Waals surface area contributed by atoms with Crippen molar-refractivity contribution in [3.63, 3.8) is 0 Å². The van der Waals surface area contributed by atoms with Crippen LogP contribution in [0.25, 0.3) is 0 Å². The lowest BCUT2D eigenvalue weighted by Crippen LogP contribution is -2.54. The molecule has 0 aromatic heterocycles. The maximum atomic E-state index is 13.0. The fourth-order valence-corrected chi connectivity index (χ4v) is 3.44. The number of halogens is 1. The number of nitrogens with one attached hydrogen (secondary N) is 1. The van der Waals surface area contributed by atoms with Gasteiger partial charge in [-0.2, -0.15) is 0 Å². The van der Waals surface area contributed by atoms with Gasteiger partial charge in [-0.3, -0.25) is 29.4 Å². The number of carbonyl (C=O) groups is 4. The van der Waals surface area contributed by atoms with Crippen LogP contribution in [-0.2, 0) is 23.8 Å². The number of piperidine rings is 1. The summed E-state index contributed by atoms with van der Waals surface area (Å²) in [4.78, 5) is 50.2. The summed E-state index contributed by atoms with van der Waals surface area (Å²) in [5, 5.41) is 2.17. The Morgan fingerprint density at radius 3 is 2.18 bits per heavy atom. The standard InChI is InChI=1S/C21H27N3O8.ClH/c22-6-7-29-8-9-30-10-11-31-12-13-32-16-3-1-2-14-18(16)21(28)24(20(14)27)15-4-5-17(25)23-19(15)26;/h1-3,15H,4-13,22H2,(H,23,25,26);1H. The molecule has 0 saturated carbocycles. The average molecular weight is 486 g/mol. The number of ether oxygens (including phenoxy) is 4. The Bertz CT molecular complexity index is 866. The Morgan fingerprint density at radius 1 is 0.909 bits per heavy atom. The van der Waals surface area contributed by atoms with Crippen LogP contribution >= 0.6 is 12.4 Å². The van der Waals surface area contributed by atoms with Gasteiger partial charge in [-0.25, -0.2) is 0 Å². The van der Waals surface area contributed by atoms with Crippen molar-refractivity contribution >= 4 is 36.0 Å². The Kier molecular flexibility index (Phi) is 10.7. The first-order valence-corrected chi connectivity index (χ1v) is 10.4. The topological polar surface area (TPSA) is 146 Å². The normalized spacial score (nSPS) is 17.6. The molecule has 0 bridgehead atoms. The highest BCUT2D eigenvalue weighted by atomic mass is 35.5. The molecule has 0 spiro atoms. The molecule has 1 atom stereocenters. The van der Waals surface area contributed by atoms with Crippen molar-refractivity contribution in [2.75, 3.05) is 52.8 Å². The molecule has 2 aliphatic rings. The van der Waals surface area contributed by atoms with E-state index in [1.54, 1.807) is 12.1 Å². The minimum absolute atomic E-state index is 0. The van der Waals surface area contributed by atoms with Crippen molar-refractivity contribution in [2.45, 2.75) is 18.9 Å². The molecule has 1 aromatic carbocycles. The van der Waals surface area contributed by atoms with Crippen LogP contribution in [0.2, 0.25) is 0 Å². The predicted molar refractivity (Wildman–Crippen MR) is 117 cm³/mol. The molecule has 12 heteroatoms. The number of rotatable bonds is 13. The van der Waals surface area contributed by atoms with E-state index in [-0.39, 0.29) is 55.3 Å². The molecular formula is C21H28ClN3O8. The van der Waals surface area contributed by atoms with Crippen molar-refractivity contribution in [1.29, 1.82) is 0 Å². The van der Waals surface area contributed by atoms with Crippen LogP contribution in [0, 0.1) is 0 Å². The summed E-state index contributed by atoms with van der Waals surface area (Å²) in [6.07, 6.45) is 0.163. The summed E-state index contributed by atoms with van der Waals surface area (Å²) in [6.45, 7) is 3.10. The van der Waals surface area contributed by atoms with E-state index in [9.17, 15) is 19.2 Å². The van der Waals surface area contributed by atoms with E-state index in [4.69, 9.17) is 24.7 Å². The lowest BCUT2D eigenvalue weighted by atomic mass is 10.0. The predicted octanol–water partition coefficient (Wildman–Crippen LogP) is -0.103. The molecule has 182 valence electrons. The van der Waals surface area contributed by atoms with E-state index in [0.29, 0.717) is 39.6 Å². The summed E-state index contributed by atoms with van der Waals surface area (Å²) in [5.74, 6) is -2.01. The third-order valence-electron chi connectivity index (χ3n) is 4.92. The van der Waals surface area contributed by atoms with Gasteiger partial charge in [0.2, 0.25) is 11.8 Å². The highest BCUT2D eigenvalue weighted by molar-refractivity contribution is 6.24. The molecule has 4 amide bonds. The Labute approximate surface area is 197 Å². The van der Waals surface area contributed by atoms with E-state index in [1.807, 2.05) is 0 Å². The molecule has 0 aliphatic carbocycles. The number of carbonyl (C=O) groups excluding carboxylic acids is 4. The van der Waals surface area contributed by atoms with Crippen LogP contribution < -0.4 is 15.8 Å². The summed E-state index contributed by atoms with van der Waals surface area (Å²) >= 11 is 0. The monoisotopic (exact) mass is 485 g/mol. The third-order valence-corrected chi connectivity index (χ3v) is 4.92. The lowest BCUT2D eigenvalue weighted by molar-refractivity contribution is -0.136. The van der Waals surface area contributed by atoms with Crippen LogP contribution in [0.3, 0.4) is 0 Å². The maximum absolute atomic E-state index is 13.0. The van der Waals surface area contributed by atoms with Crippen molar-refractivity contribution in [3.8, 4) is 5.75 Å². The second-order valence-electron chi connectivity index (χ2n) is 7.10. The number of nitrogens with zero attached hydrogens (tertiary/aromatic N) is 1. The van der Waals surface area contributed by atoms with E-state index >= 15 is 0 Å². The number of amides is 4. The highest BCUT2D eigenvalue weighted by Gasteiger charge is 2.45. The molecular weight excluding hydrogens is 458 g/mol. The quantitative estimate of drug-likeness (QED) is 0.288. The van der Waals surface area contributed by atoms with Gasteiger partial charge in [0.25, 0.3) is 11.8 Å². The van der Waals surface area contributed by atoms with Gasteiger partial charge < -0.3 is 24.7 Å². The number of hydrogen-bond acceptors (Lipinski definition) is 9. The summed E-state index contributed by atoms with van der Waals surface area (Å²) in [7, 11) is 0. The molecule has 3 rings (SSSR count). The fourth-order valence-electron chi connectivity index (χ4n) is 3.44. The Morgan fingerprint density at radius 2 is 1.55 bits per heavy atom. The van der Waals surface area contributed by atoms with Crippen LogP contribution in [0.1, 0.15) is 33.6 Å². The van der Waals surface area contributed by atoms with Crippen LogP contribution in [0.5, 0.6) is 5.75 Å². The second kappa shape index (κ2) is 13.2. The molecule has 3 N–H and O–H groups in total. The maximum Gasteiger partial charge on any atom is 0.266 e. The highest BCUT2D eigenvalue weighted by Crippen LogP contribution is 2.33. The minimum atomic E-state index is -1.02. The average Bonchev–Trinajstić information content (AvgIpc) is 3.03. The molecule has 11 nitrogen and oxygen atoms in total. The van der Waals surface area contributed by atoms with Crippen molar-refractivity contribution in [3.05, 3.63) is 29.3 Å². The van der Waals surface area contributed by atoms with Gasteiger partial charge in [-0.15, -0.1) is 12.4 Å². The molecule has 1 fully saturated rings. The number of fused-ring (bicyclic) bond motifs is 1. The molecule has 0 radical (unpaired) electrons. The first-order chi connectivity index (χ1) is 15.5. The fraction of sp³-hybridized carbons (Fsp3) is 0.524. The smallest absolute Gasteiger partial charge is 0.266 e. The van der Waals surface area contributed by atoms with Crippen LogP contribution in [0.15, 0.2) is 18.2 Å².